The van der Waals surface area contributed by atoms with Crippen molar-refractivity contribution in [2.75, 3.05) is 24.3 Å². The van der Waals surface area contributed by atoms with Gasteiger partial charge >= 0.3 is 6.01 Å². The Morgan fingerprint density at radius 3 is 2.70 bits per heavy atom. The van der Waals surface area contributed by atoms with Gasteiger partial charge in [-0.25, -0.2) is 4.39 Å². The summed E-state index contributed by atoms with van der Waals surface area (Å²) in [6.45, 7) is 2.27. The maximum absolute atomic E-state index is 13.2. The molecule has 0 amide bonds. The van der Waals surface area contributed by atoms with Crippen LogP contribution in [0.5, 0.6) is 6.01 Å². The lowest BCUT2D eigenvalue weighted by Gasteiger charge is -2.09. The highest BCUT2D eigenvalue weighted by molar-refractivity contribution is 9.10. The fourth-order valence-corrected chi connectivity index (χ4v) is 1.78. The van der Waals surface area contributed by atoms with E-state index in [0.717, 1.165) is 0 Å². The zero-order valence-electron chi connectivity index (χ0n) is 10.9. The Hall–Kier alpha value is -1.96. The minimum atomic E-state index is -0.358. The van der Waals surface area contributed by atoms with Gasteiger partial charge in [-0.2, -0.15) is 15.0 Å². The molecule has 2 N–H and O–H groups in total. The Morgan fingerprint density at radius 2 is 2.00 bits per heavy atom. The molecule has 8 heteroatoms. The summed E-state index contributed by atoms with van der Waals surface area (Å²) in [5.41, 5.74) is 0.515. The van der Waals surface area contributed by atoms with Crippen LogP contribution in [0.25, 0.3) is 0 Å². The second-order valence-electron chi connectivity index (χ2n) is 3.70. The molecule has 0 unspecified atom stereocenters. The minimum Gasteiger partial charge on any atom is -0.464 e. The van der Waals surface area contributed by atoms with Gasteiger partial charge in [0.1, 0.15) is 5.82 Å². The molecule has 1 aromatic carbocycles. The smallest absolute Gasteiger partial charge is 0.323 e. The van der Waals surface area contributed by atoms with Gasteiger partial charge < -0.3 is 15.4 Å². The molecule has 0 fully saturated rings. The molecule has 106 valence electrons. The van der Waals surface area contributed by atoms with Gasteiger partial charge in [-0.15, -0.1) is 0 Å². The van der Waals surface area contributed by atoms with Gasteiger partial charge in [0, 0.05) is 11.5 Å². The lowest BCUT2D eigenvalue weighted by atomic mass is 10.3. The third kappa shape index (κ3) is 3.53. The summed E-state index contributed by atoms with van der Waals surface area (Å²) in [6.07, 6.45) is 0. The number of hydrogen-bond acceptors (Lipinski definition) is 6. The standard InChI is InChI=1S/C12H13BrFN5O/c1-3-20-12-18-10(15-2)17-11(19-12)16-9-6-7(14)4-5-8(9)13/h4-6H,3H2,1-2H3,(H2,15,16,17,18,19). The van der Waals surface area contributed by atoms with Crippen LogP contribution in [0.1, 0.15) is 6.92 Å². The molecule has 2 rings (SSSR count). The van der Waals surface area contributed by atoms with E-state index >= 15 is 0 Å². The van der Waals surface area contributed by atoms with E-state index in [-0.39, 0.29) is 17.8 Å². The van der Waals surface area contributed by atoms with Crippen molar-refractivity contribution in [3.63, 3.8) is 0 Å². The van der Waals surface area contributed by atoms with E-state index in [1.54, 1.807) is 13.1 Å². The van der Waals surface area contributed by atoms with Crippen molar-refractivity contribution in [3.05, 3.63) is 28.5 Å². The second kappa shape index (κ2) is 6.47. The first-order chi connectivity index (χ1) is 9.62. The van der Waals surface area contributed by atoms with Gasteiger partial charge in [0.2, 0.25) is 11.9 Å². The maximum atomic E-state index is 13.2. The number of anilines is 3. The zero-order chi connectivity index (χ0) is 14.5. The van der Waals surface area contributed by atoms with E-state index in [9.17, 15) is 4.39 Å². The molecule has 0 spiro atoms. The fraction of sp³-hybridized carbons (Fsp3) is 0.250. The molecule has 1 heterocycles. The van der Waals surface area contributed by atoms with Gasteiger partial charge in [-0.1, -0.05) is 0 Å². The molecule has 20 heavy (non-hydrogen) atoms. The second-order valence-corrected chi connectivity index (χ2v) is 4.55. The summed E-state index contributed by atoms with van der Waals surface area (Å²) in [5, 5.41) is 5.73. The van der Waals surface area contributed by atoms with Crippen LogP contribution in [-0.2, 0) is 0 Å². The molecule has 2 aromatic rings. The molecule has 0 saturated heterocycles. The normalized spacial score (nSPS) is 10.2. The summed E-state index contributed by atoms with van der Waals surface area (Å²) in [4.78, 5) is 12.3. The Balaban J connectivity index is 2.32. The highest BCUT2D eigenvalue weighted by Gasteiger charge is 2.09. The molecule has 0 aliphatic carbocycles. The predicted molar refractivity (Wildman–Crippen MR) is 77.9 cm³/mol. The lowest BCUT2D eigenvalue weighted by Crippen LogP contribution is -2.07. The average molecular weight is 342 g/mol. The molecule has 0 bridgehead atoms. The Bertz CT molecular complexity index is 610. The first-order valence-electron chi connectivity index (χ1n) is 5.91. The quantitative estimate of drug-likeness (QED) is 0.871. The lowest BCUT2D eigenvalue weighted by molar-refractivity contribution is 0.312. The summed E-state index contributed by atoms with van der Waals surface area (Å²) in [7, 11) is 1.69. The van der Waals surface area contributed by atoms with Gasteiger partial charge in [0.25, 0.3) is 0 Å². The molecule has 0 saturated carbocycles. The molecule has 0 atom stereocenters. The van der Waals surface area contributed by atoms with Crippen molar-refractivity contribution in [2.45, 2.75) is 6.92 Å². The third-order valence-electron chi connectivity index (χ3n) is 2.29. The van der Waals surface area contributed by atoms with Gasteiger partial charge in [-0.3, -0.25) is 0 Å². The summed E-state index contributed by atoms with van der Waals surface area (Å²) >= 11 is 3.33. The monoisotopic (exact) mass is 341 g/mol. The largest absolute Gasteiger partial charge is 0.464 e. The Labute approximate surface area is 123 Å². The van der Waals surface area contributed by atoms with Crippen LogP contribution in [0.4, 0.5) is 22.0 Å². The van der Waals surface area contributed by atoms with Crippen molar-refractivity contribution in [1.82, 2.24) is 15.0 Å². The molecule has 6 nitrogen and oxygen atoms in total. The summed E-state index contributed by atoms with van der Waals surface area (Å²) < 4.78 is 19.2. The van der Waals surface area contributed by atoms with Crippen LogP contribution in [0.2, 0.25) is 0 Å². The molecule has 0 radical (unpaired) electrons. The van der Waals surface area contributed by atoms with Crippen LogP contribution < -0.4 is 15.4 Å². The molecule has 0 aliphatic heterocycles. The highest BCUT2D eigenvalue weighted by Crippen LogP contribution is 2.26. The van der Waals surface area contributed by atoms with E-state index < -0.39 is 0 Å². The Kier molecular flexibility index (Phi) is 4.67. The van der Waals surface area contributed by atoms with Gasteiger partial charge in [0.15, 0.2) is 0 Å². The number of halogens is 2. The van der Waals surface area contributed by atoms with Crippen LogP contribution >= 0.6 is 15.9 Å². The first kappa shape index (κ1) is 14.4. The topological polar surface area (TPSA) is 72.0 Å². The number of rotatable bonds is 5. The number of nitrogens with zero attached hydrogens (tertiary/aromatic N) is 3. The van der Waals surface area contributed by atoms with E-state index in [4.69, 9.17) is 4.74 Å². The molecule has 0 aliphatic rings. The minimum absolute atomic E-state index is 0.196. The molecular formula is C12H13BrFN5O. The third-order valence-corrected chi connectivity index (χ3v) is 2.98. The zero-order valence-corrected chi connectivity index (χ0v) is 12.5. The van der Waals surface area contributed by atoms with Crippen LogP contribution in [0, 0.1) is 5.82 Å². The highest BCUT2D eigenvalue weighted by atomic mass is 79.9. The van der Waals surface area contributed by atoms with Crippen molar-refractivity contribution in [1.29, 1.82) is 0 Å². The van der Waals surface area contributed by atoms with Crippen LogP contribution in [-0.4, -0.2) is 28.6 Å². The summed E-state index contributed by atoms with van der Waals surface area (Å²) in [5.74, 6) is 0.265. The van der Waals surface area contributed by atoms with E-state index in [2.05, 4.69) is 41.5 Å². The average Bonchev–Trinajstić information content (AvgIpc) is 2.43. The van der Waals surface area contributed by atoms with Crippen molar-refractivity contribution >= 4 is 33.5 Å². The molecule has 1 aromatic heterocycles. The van der Waals surface area contributed by atoms with E-state index in [0.29, 0.717) is 22.7 Å². The maximum Gasteiger partial charge on any atom is 0.323 e. The van der Waals surface area contributed by atoms with Crippen molar-refractivity contribution < 1.29 is 9.13 Å². The Morgan fingerprint density at radius 1 is 1.25 bits per heavy atom. The number of hydrogen-bond donors (Lipinski definition) is 2. The summed E-state index contributed by atoms with van der Waals surface area (Å²) in [6, 6.07) is 4.49. The van der Waals surface area contributed by atoms with Crippen molar-refractivity contribution in [3.8, 4) is 6.01 Å². The van der Waals surface area contributed by atoms with Gasteiger partial charge in [0.05, 0.1) is 12.3 Å². The number of benzene rings is 1. The number of aromatic nitrogens is 3. The van der Waals surface area contributed by atoms with E-state index in [1.165, 1.54) is 12.1 Å². The number of ether oxygens (including phenoxy) is 1. The van der Waals surface area contributed by atoms with Crippen LogP contribution in [0.3, 0.4) is 0 Å². The van der Waals surface area contributed by atoms with Crippen molar-refractivity contribution in [2.24, 2.45) is 0 Å². The van der Waals surface area contributed by atoms with Crippen LogP contribution in [0.15, 0.2) is 22.7 Å². The van der Waals surface area contributed by atoms with E-state index in [1.807, 2.05) is 6.92 Å². The molecular weight excluding hydrogens is 329 g/mol. The SMILES string of the molecule is CCOc1nc(NC)nc(Nc2cc(F)ccc2Br)n1. The van der Waals surface area contributed by atoms with Gasteiger partial charge in [-0.05, 0) is 41.1 Å². The first-order valence-corrected chi connectivity index (χ1v) is 6.70. The predicted octanol–water partition coefficient (Wildman–Crippen LogP) is 2.96. The number of nitrogens with one attached hydrogen (secondary N) is 2. The fourth-order valence-electron chi connectivity index (χ4n) is 1.43.